The van der Waals surface area contributed by atoms with Crippen molar-refractivity contribution in [1.82, 2.24) is 0 Å². The van der Waals surface area contributed by atoms with Crippen molar-refractivity contribution in [3.63, 3.8) is 0 Å². The lowest BCUT2D eigenvalue weighted by Crippen LogP contribution is -3.11. The number of nitrogens with zero attached hydrogens (tertiary/aromatic N) is 2. The van der Waals surface area contributed by atoms with Crippen LogP contribution in [0.4, 0.5) is 11.4 Å². The number of carbonyl (C=O) groups excluding carboxylic acids is 1. The molecule has 1 unspecified atom stereocenters. The molecular formula is C19H16ClN4O+. The molecule has 5 nitrogen and oxygen atoms in total. The molecule has 1 atom stereocenters. The van der Waals surface area contributed by atoms with Gasteiger partial charge in [-0.05, 0) is 30.3 Å². The quantitative estimate of drug-likeness (QED) is 0.892. The minimum atomic E-state index is -0.205. The highest BCUT2D eigenvalue weighted by Crippen LogP contribution is 2.20. The Balaban J connectivity index is 1.50. The molecule has 124 valence electrons. The number of para-hydroxylation sites is 1. The fourth-order valence-electron chi connectivity index (χ4n) is 2.81. The molecule has 2 aromatic carbocycles. The molecule has 2 aliphatic heterocycles. The van der Waals surface area contributed by atoms with Crippen molar-refractivity contribution in [2.24, 2.45) is 4.99 Å². The van der Waals surface area contributed by atoms with E-state index >= 15 is 0 Å². The predicted octanol–water partition coefficient (Wildman–Crippen LogP) is 2.41. The van der Waals surface area contributed by atoms with Gasteiger partial charge in [0.15, 0.2) is 12.4 Å². The van der Waals surface area contributed by atoms with Crippen LogP contribution in [0.25, 0.3) is 0 Å². The zero-order valence-corrected chi connectivity index (χ0v) is 14.1. The Morgan fingerprint density at radius 2 is 2.00 bits per heavy atom. The molecule has 4 rings (SSSR count). The number of hydrogen-bond donors (Lipinski definition) is 2. The van der Waals surface area contributed by atoms with Crippen LogP contribution in [-0.4, -0.2) is 18.4 Å². The molecule has 0 saturated carbocycles. The first-order valence-corrected chi connectivity index (χ1v) is 8.30. The number of aliphatic imine (C=N–C) groups is 1. The molecule has 0 fully saturated rings. The van der Waals surface area contributed by atoms with Crippen LogP contribution in [0, 0.1) is 0 Å². The second-order valence-electron chi connectivity index (χ2n) is 5.80. The lowest BCUT2D eigenvalue weighted by Gasteiger charge is -2.26. The molecule has 0 radical (unpaired) electrons. The van der Waals surface area contributed by atoms with Gasteiger partial charge in [0, 0.05) is 28.7 Å². The maximum absolute atomic E-state index is 12.4. The van der Waals surface area contributed by atoms with Gasteiger partial charge in [0.25, 0.3) is 5.91 Å². The third-order valence-electron chi connectivity index (χ3n) is 4.04. The van der Waals surface area contributed by atoms with E-state index in [9.17, 15) is 4.79 Å². The van der Waals surface area contributed by atoms with Crippen molar-refractivity contribution in [3.8, 4) is 0 Å². The first-order valence-electron chi connectivity index (χ1n) is 7.92. The molecule has 25 heavy (non-hydrogen) atoms. The highest BCUT2D eigenvalue weighted by Gasteiger charge is 2.30. The standard InChI is InChI=1S/C19H15ClN4O/c20-14-5-4-8-16(11-14)23-10-9-18-22-17(12-24(18)13-23)19(25)21-15-6-2-1-3-7-15/h1-12H,13H2,(H,21,25)/p+1. The number of quaternary nitrogens is 1. The number of carbonyl (C=O) groups is 1. The Morgan fingerprint density at radius 3 is 2.80 bits per heavy atom. The third-order valence-corrected chi connectivity index (χ3v) is 4.27. The second-order valence-corrected chi connectivity index (χ2v) is 6.23. The number of amides is 1. The fraction of sp³-hybridized carbons (Fsp3) is 0.0526. The first kappa shape index (κ1) is 15.6. The van der Waals surface area contributed by atoms with E-state index < -0.39 is 0 Å². The van der Waals surface area contributed by atoms with Crippen LogP contribution in [0.5, 0.6) is 0 Å². The van der Waals surface area contributed by atoms with E-state index in [1.165, 1.54) is 0 Å². The molecule has 2 heterocycles. The van der Waals surface area contributed by atoms with Gasteiger partial charge < -0.3 is 5.32 Å². The lowest BCUT2D eigenvalue weighted by molar-refractivity contribution is -0.742. The van der Waals surface area contributed by atoms with Crippen LogP contribution in [0.3, 0.4) is 0 Å². The molecule has 2 aliphatic rings. The topological polar surface area (TPSA) is 49.1 Å². The van der Waals surface area contributed by atoms with Gasteiger partial charge in [-0.15, -0.1) is 0 Å². The van der Waals surface area contributed by atoms with Crippen LogP contribution < -0.4 is 15.1 Å². The summed E-state index contributed by atoms with van der Waals surface area (Å²) in [5.41, 5.74) is 2.18. The Bertz CT molecular complexity index is 905. The summed E-state index contributed by atoms with van der Waals surface area (Å²) in [6.45, 7) is 0.651. The van der Waals surface area contributed by atoms with Crippen LogP contribution in [0.2, 0.25) is 5.02 Å². The summed E-state index contributed by atoms with van der Waals surface area (Å²) in [4.78, 5) is 19.9. The van der Waals surface area contributed by atoms with Crippen molar-refractivity contribution in [2.75, 3.05) is 16.9 Å². The normalized spacial score (nSPS) is 18.4. The summed E-state index contributed by atoms with van der Waals surface area (Å²) in [5, 5.41) is 3.56. The van der Waals surface area contributed by atoms with Crippen molar-refractivity contribution in [3.05, 3.63) is 83.8 Å². The van der Waals surface area contributed by atoms with Crippen molar-refractivity contribution in [1.29, 1.82) is 0 Å². The lowest BCUT2D eigenvalue weighted by atomic mass is 10.3. The average Bonchev–Trinajstić information content (AvgIpc) is 3.06. The molecule has 6 heteroatoms. The Labute approximate surface area is 150 Å². The van der Waals surface area contributed by atoms with E-state index in [2.05, 4.69) is 15.2 Å². The second kappa shape index (κ2) is 6.55. The van der Waals surface area contributed by atoms with Crippen molar-refractivity contribution in [2.45, 2.75) is 0 Å². The summed E-state index contributed by atoms with van der Waals surface area (Å²) < 4.78 is 0. The smallest absolute Gasteiger partial charge is 0.280 e. The van der Waals surface area contributed by atoms with Gasteiger partial charge in [0.05, 0.1) is 0 Å². The molecule has 2 aromatic rings. The molecule has 0 bridgehead atoms. The Kier molecular flexibility index (Phi) is 4.09. The van der Waals surface area contributed by atoms with Gasteiger partial charge in [-0.2, -0.15) is 4.99 Å². The minimum Gasteiger partial charge on any atom is -0.320 e. The summed E-state index contributed by atoms with van der Waals surface area (Å²) in [6, 6.07) is 17.0. The highest BCUT2D eigenvalue weighted by atomic mass is 35.5. The monoisotopic (exact) mass is 351 g/mol. The van der Waals surface area contributed by atoms with E-state index in [-0.39, 0.29) is 5.91 Å². The number of fused-ring (bicyclic) bond motifs is 1. The van der Waals surface area contributed by atoms with E-state index in [1.54, 1.807) is 0 Å². The SMILES string of the molecule is O=C(Nc1ccccc1)C1=C[NH+]2CN(c3cccc(Cl)c3)C=CC2=N1. The zero-order chi connectivity index (χ0) is 17.2. The maximum atomic E-state index is 12.4. The molecule has 0 aromatic heterocycles. The molecule has 0 saturated heterocycles. The average molecular weight is 352 g/mol. The van der Waals surface area contributed by atoms with Gasteiger partial charge >= 0.3 is 0 Å². The van der Waals surface area contributed by atoms with E-state index in [0.29, 0.717) is 17.4 Å². The Hall–Kier alpha value is -2.89. The van der Waals surface area contributed by atoms with Gasteiger partial charge in [0.1, 0.15) is 6.20 Å². The maximum Gasteiger partial charge on any atom is 0.280 e. The molecular weight excluding hydrogens is 336 g/mol. The van der Waals surface area contributed by atoms with Gasteiger partial charge in [-0.3, -0.25) is 9.69 Å². The number of hydrogen-bond acceptors (Lipinski definition) is 3. The number of amidine groups is 1. The van der Waals surface area contributed by atoms with E-state index in [0.717, 1.165) is 22.1 Å². The summed E-state index contributed by atoms with van der Waals surface area (Å²) in [5.74, 6) is 0.625. The van der Waals surface area contributed by atoms with Crippen LogP contribution in [0.1, 0.15) is 0 Å². The summed E-state index contributed by atoms with van der Waals surface area (Å²) in [6.07, 6.45) is 5.72. The molecule has 2 N–H and O–H groups in total. The summed E-state index contributed by atoms with van der Waals surface area (Å²) in [7, 11) is 0. The molecule has 0 spiro atoms. The van der Waals surface area contributed by atoms with Gasteiger partial charge in [0.2, 0.25) is 5.84 Å². The van der Waals surface area contributed by atoms with Crippen molar-refractivity contribution < 1.29 is 9.69 Å². The number of rotatable bonds is 3. The predicted molar refractivity (Wildman–Crippen MR) is 99.5 cm³/mol. The number of benzene rings is 2. The largest absolute Gasteiger partial charge is 0.320 e. The number of nitrogens with one attached hydrogen (secondary N) is 2. The number of halogens is 1. The van der Waals surface area contributed by atoms with Crippen molar-refractivity contribution >= 4 is 34.7 Å². The number of anilines is 2. The Morgan fingerprint density at radius 1 is 1.16 bits per heavy atom. The van der Waals surface area contributed by atoms with Gasteiger partial charge in [-0.25, -0.2) is 4.90 Å². The fourth-order valence-corrected chi connectivity index (χ4v) is 2.99. The third kappa shape index (κ3) is 3.33. The van der Waals surface area contributed by atoms with E-state index in [1.807, 2.05) is 73.1 Å². The van der Waals surface area contributed by atoms with Crippen LogP contribution >= 0.6 is 11.6 Å². The van der Waals surface area contributed by atoms with Crippen LogP contribution in [-0.2, 0) is 4.79 Å². The van der Waals surface area contributed by atoms with Gasteiger partial charge in [-0.1, -0.05) is 35.9 Å². The van der Waals surface area contributed by atoms with E-state index in [4.69, 9.17) is 11.6 Å². The molecule has 0 aliphatic carbocycles. The minimum absolute atomic E-state index is 0.205. The highest BCUT2D eigenvalue weighted by molar-refractivity contribution is 6.30. The molecule has 1 amide bonds. The first-order chi connectivity index (χ1) is 12.2. The zero-order valence-electron chi connectivity index (χ0n) is 13.3. The summed E-state index contributed by atoms with van der Waals surface area (Å²) >= 11 is 6.07. The van der Waals surface area contributed by atoms with Crippen LogP contribution in [0.15, 0.2) is 83.8 Å².